The topological polar surface area (TPSA) is 126 Å². The molecule has 1 N–H and O–H groups in total. The molecule has 3 atom stereocenters. The first-order valence-electron chi connectivity index (χ1n) is 9.70. The van der Waals surface area contributed by atoms with Crippen molar-refractivity contribution in [3.63, 3.8) is 0 Å². The maximum absolute atomic E-state index is 13.1. The Morgan fingerprint density at radius 2 is 2.09 bits per heavy atom. The normalized spacial score (nSPS) is 22.8. The number of nitrogens with one attached hydrogen (secondary N) is 1. The number of sulfone groups is 1. The fourth-order valence-corrected chi connectivity index (χ4v) is 5.45. The van der Waals surface area contributed by atoms with E-state index < -0.39 is 44.9 Å². The van der Waals surface area contributed by atoms with Crippen molar-refractivity contribution >= 4 is 33.8 Å². The molecule has 14 heteroatoms. The second kappa shape index (κ2) is 9.00. The molecule has 0 radical (unpaired) electrons. The summed E-state index contributed by atoms with van der Waals surface area (Å²) in [4.78, 5) is 29.3. The van der Waals surface area contributed by atoms with Crippen LogP contribution >= 0.6 is 11.6 Å². The predicted octanol–water partition coefficient (Wildman–Crippen LogP) is 2.15. The Kier molecular flexibility index (Phi) is 6.84. The molecule has 1 aromatic carbocycles. The van der Waals surface area contributed by atoms with Crippen LogP contribution in [0.2, 0.25) is 5.02 Å². The Morgan fingerprint density at radius 1 is 1.42 bits per heavy atom. The number of hydrogen-bond acceptors (Lipinski definition) is 8. The van der Waals surface area contributed by atoms with Gasteiger partial charge in [0.05, 0.1) is 21.2 Å². The van der Waals surface area contributed by atoms with E-state index in [0.29, 0.717) is 19.3 Å². The summed E-state index contributed by atoms with van der Waals surface area (Å²) in [5, 5.41) is 7.43. The number of nitrogens with zero attached hydrogens (tertiary/aromatic N) is 2. The zero-order valence-electron chi connectivity index (χ0n) is 17.1. The third kappa shape index (κ3) is 5.34. The predicted molar refractivity (Wildman–Crippen MR) is 107 cm³/mol. The maximum Gasteiger partial charge on any atom is 0.425 e. The van der Waals surface area contributed by atoms with Gasteiger partial charge in [0, 0.05) is 12.6 Å². The molecule has 3 rings (SSSR count). The molecule has 1 aliphatic carbocycles. The molecular formula is C19H19ClF3N3O6S. The van der Waals surface area contributed by atoms with Gasteiger partial charge in [-0.05, 0) is 38.3 Å². The van der Waals surface area contributed by atoms with Crippen LogP contribution < -0.4 is 10.2 Å². The first kappa shape index (κ1) is 25.1. The van der Waals surface area contributed by atoms with Crippen molar-refractivity contribution in [2.45, 2.75) is 60.2 Å². The molecule has 1 aliphatic heterocycles. The molecule has 1 aromatic rings. The van der Waals surface area contributed by atoms with Crippen LogP contribution in [0.25, 0.3) is 0 Å². The lowest BCUT2D eigenvalue weighted by Gasteiger charge is -2.19. The number of halogens is 4. The minimum Gasteiger partial charge on any atom is -0.481 e. The number of nitriles is 1. The molecule has 1 heterocycles. The molecular weight excluding hydrogens is 491 g/mol. The number of amides is 1. The fraction of sp³-hybridized carbons (Fsp3) is 0.526. The van der Waals surface area contributed by atoms with E-state index in [1.54, 1.807) is 0 Å². The molecule has 1 saturated heterocycles. The highest BCUT2D eigenvalue weighted by Crippen LogP contribution is 2.36. The number of benzene rings is 1. The lowest BCUT2D eigenvalue weighted by molar-refractivity contribution is -0.189. The Bertz CT molecular complexity index is 1090. The van der Waals surface area contributed by atoms with Crippen molar-refractivity contribution in [3.05, 3.63) is 23.2 Å². The van der Waals surface area contributed by atoms with E-state index in [1.807, 2.05) is 6.07 Å². The van der Waals surface area contributed by atoms with Crippen molar-refractivity contribution in [1.29, 1.82) is 5.26 Å². The molecule has 180 valence electrons. The van der Waals surface area contributed by atoms with Crippen LogP contribution in [-0.4, -0.2) is 61.4 Å². The summed E-state index contributed by atoms with van der Waals surface area (Å²) in [6.45, 7) is 0.468. The smallest absolute Gasteiger partial charge is 0.425 e. The first-order chi connectivity index (χ1) is 15.3. The largest absolute Gasteiger partial charge is 0.481 e. The van der Waals surface area contributed by atoms with Crippen molar-refractivity contribution in [3.8, 4) is 11.8 Å². The third-order valence-electron chi connectivity index (χ3n) is 5.44. The lowest BCUT2D eigenvalue weighted by Crippen LogP contribution is -2.41. The third-order valence-corrected chi connectivity index (χ3v) is 8.05. The van der Waals surface area contributed by atoms with Gasteiger partial charge in [-0.2, -0.15) is 18.4 Å². The van der Waals surface area contributed by atoms with E-state index in [-0.39, 0.29) is 28.6 Å². The van der Waals surface area contributed by atoms with E-state index >= 15 is 0 Å². The molecule has 0 spiro atoms. The van der Waals surface area contributed by atoms with Crippen molar-refractivity contribution in [2.75, 3.05) is 6.54 Å². The van der Waals surface area contributed by atoms with Gasteiger partial charge in [-0.25, -0.2) is 13.2 Å². The Hall–Kier alpha value is -2.56. The summed E-state index contributed by atoms with van der Waals surface area (Å²) in [7, 11) is -4.18. The summed E-state index contributed by atoms with van der Waals surface area (Å²) in [6.07, 6.45) is -5.77. The van der Waals surface area contributed by atoms with Crippen LogP contribution in [0.3, 0.4) is 0 Å². The molecule has 1 amide bonds. The molecule has 0 bridgehead atoms. The lowest BCUT2D eigenvalue weighted by atomic mass is 10.2. The van der Waals surface area contributed by atoms with Gasteiger partial charge in [-0.15, -0.1) is 5.48 Å². The van der Waals surface area contributed by atoms with Crippen molar-refractivity contribution in [2.24, 2.45) is 0 Å². The van der Waals surface area contributed by atoms with Gasteiger partial charge < -0.3 is 14.5 Å². The van der Waals surface area contributed by atoms with Crippen LogP contribution in [0.1, 0.15) is 26.2 Å². The van der Waals surface area contributed by atoms with Gasteiger partial charge in [-0.3, -0.25) is 4.79 Å². The minimum atomic E-state index is -4.62. The highest BCUT2D eigenvalue weighted by Gasteiger charge is 2.48. The van der Waals surface area contributed by atoms with Crippen molar-refractivity contribution < 1.29 is 40.8 Å². The maximum atomic E-state index is 13.1. The average Bonchev–Trinajstić information content (AvgIpc) is 3.39. The number of alkyl halides is 3. The van der Waals surface area contributed by atoms with Gasteiger partial charge in [0.1, 0.15) is 17.3 Å². The quantitative estimate of drug-likeness (QED) is 0.417. The van der Waals surface area contributed by atoms with E-state index in [1.165, 1.54) is 0 Å². The van der Waals surface area contributed by atoms with Crippen LogP contribution in [0.15, 0.2) is 23.1 Å². The number of ether oxygens (including phenoxy) is 1. The van der Waals surface area contributed by atoms with E-state index in [9.17, 15) is 31.2 Å². The molecule has 2 aliphatic rings. The molecule has 9 nitrogen and oxygen atoms in total. The van der Waals surface area contributed by atoms with E-state index in [4.69, 9.17) is 26.4 Å². The number of likely N-dealkylation sites (tertiary alicyclic amines) is 1. The zero-order valence-corrected chi connectivity index (χ0v) is 18.7. The number of rotatable bonds is 8. The Labute approximate surface area is 192 Å². The highest BCUT2D eigenvalue weighted by molar-refractivity contribution is 7.92. The summed E-state index contributed by atoms with van der Waals surface area (Å²) < 4.78 is 69.0. The number of carbonyl (C=O) groups excluding carboxylic acids is 2. The summed E-state index contributed by atoms with van der Waals surface area (Å²) in [6, 6.07) is 3.75. The number of hydrogen-bond donors (Lipinski definition) is 1. The van der Waals surface area contributed by atoms with Crippen molar-refractivity contribution in [1.82, 2.24) is 10.4 Å². The Balaban J connectivity index is 1.73. The summed E-state index contributed by atoms with van der Waals surface area (Å²) >= 11 is 6.03. The van der Waals surface area contributed by atoms with Gasteiger partial charge in [0.2, 0.25) is 6.41 Å². The molecule has 2 fully saturated rings. The zero-order chi connectivity index (χ0) is 24.6. The van der Waals surface area contributed by atoms with Gasteiger partial charge in [-0.1, -0.05) is 11.6 Å². The standard InChI is InChI=1S/C19H19ClF3N3O6S/c1-11(19(21,22)23)31-12-2-3-16(14(20)6-12)33(29,30)13-7-15(26(8-13)10-27)17(28)32-25-18(9-24)4-5-18/h2-3,6,10-11,13,15,25H,4-5,7-8H2,1H3/t11?,13?,15-/m0/s1. The van der Waals surface area contributed by atoms with Crippen LogP contribution in [-0.2, 0) is 24.3 Å². The molecule has 2 unspecified atom stereocenters. The SMILES string of the molecule is CC(Oc1ccc(S(=O)(=O)C2C[C@@H](C(=O)ONC3(C#N)CC3)N(C=O)C2)c(Cl)c1)C(F)(F)F. The second-order valence-corrected chi connectivity index (χ2v) is 10.4. The van der Waals surface area contributed by atoms with Gasteiger partial charge in [0.25, 0.3) is 0 Å². The highest BCUT2D eigenvalue weighted by atomic mass is 35.5. The molecule has 1 saturated carbocycles. The first-order valence-corrected chi connectivity index (χ1v) is 11.6. The number of hydroxylamine groups is 1. The molecule has 0 aromatic heterocycles. The fourth-order valence-electron chi connectivity index (χ4n) is 3.21. The Morgan fingerprint density at radius 3 is 2.61 bits per heavy atom. The second-order valence-electron chi connectivity index (χ2n) is 7.83. The molecule has 33 heavy (non-hydrogen) atoms. The van der Waals surface area contributed by atoms with Crippen LogP contribution in [0, 0.1) is 11.3 Å². The summed E-state index contributed by atoms with van der Waals surface area (Å²) in [5.74, 6) is -1.19. The number of carbonyl (C=O) groups is 2. The monoisotopic (exact) mass is 509 g/mol. The minimum absolute atomic E-state index is 0.274. The summed E-state index contributed by atoms with van der Waals surface area (Å²) in [5.41, 5.74) is 1.38. The van der Waals surface area contributed by atoms with E-state index in [2.05, 4.69) is 5.48 Å². The van der Waals surface area contributed by atoms with Gasteiger partial charge >= 0.3 is 12.1 Å². The van der Waals surface area contributed by atoms with Crippen LogP contribution in [0.4, 0.5) is 13.2 Å². The average molecular weight is 510 g/mol. The van der Waals surface area contributed by atoms with Gasteiger partial charge in [0.15, 0.2) is 15.9 Å². The van der Waals surface area contributed by atoms with Crippen LogP contribution in [0.5, 0.6) is 5.75 Å². The van der Waals surface area contributed by atoms with E-state index in [0.717, 1.165) is 30.0 Å².